The average Bonchev–Trinajstić information content (AvgIpc) is 2.74. The van der Waals surface area contributed by atoms with E-state index in [2.05, 4.69) is 42.8 Å². The van der Waals surface area contributed by atoms with Gasteiger partial charge in [-0.25, -0.2) is 4.99 Å². The lowest BCUT2D eigenvalue weighted by Crippen LogP contribution is -2.21. The molecule has 0 saturated carbocycles. The van der Waals surface area contributed by atoms with E-state index in [1.54, 1.807) is 0 Å². The molecule has 7 nitrogen and oxygen atoms in total. The minimum absolute atomic E-state index is 0.0947. The number of hydrazone groups is 1. The van der Waals surface area contributed by atoms with E-state index in [1.165, 1.54) is 0 Å². The first kappa shape index (κ1) is 24.1. The van der Waals surface area contributed by atoms with E-state index in [0.717, 1.165) is 53.9 Å². The lowest BCUT2D eigenvalue weighted by Gasteiger charge is -2.17. The van der Waals surface area contributed by atoms with Crippen molar-refractivity contribution in [3.8, 4) is 11.3 Å². The molecule has 166 valence electrons. The predicted octanol–water partition coefficient (Wildman–Crippen LogP) is 4.21. The van der Waals surface area contributed by atoms with Crippen molar-refractivity contribution in [2.75, 3.05) is 0 Å². The molecule has 6 N–H and O–H groups in total. The van der Waals surface area contributed by atoms with Crippen molar-refractivity contribution < 1.29 is 0 Å². The smallest absolute Gasteiger partial charge is 0.150 e. The molecule has 7 heteroatoms. The van der Waals surface area contributed by atoms with Gasteiger partial charge in [0.1, 0.15) is 11.7 Å². The highest BCUT2D eigenvalue weighted by molar-refractivity contribution is 6.02. The molecule has 2 rings (SSSR count). The number of benzene rings is 1. The maximum absolute atomic E-state index is 6.16. The SMILES string of the molecule is CCCCC(N=C(N)CC(C)(C)C)=NCc1ccc(-c2ccccc2/C(N)=N/N)nc1. The largest absolute Gasteiger partial charge is 0.387 e. The van der Waals surface area contributed by atoms with Crippen molar-refractivity contribution in [1.29, 1.82) is 0 Å². The van der Waals surface area contributed by atoms with E-state index in [0.29, 0.717) is 12.4 Å². The third-order valence-electron chi connectivity index (χ3n) is 4.62. The molecule has 1 aromatic heterocycles. The molecule has 0 spiro atoms. The van der Waals surface area contributed by atoms with Gasteiger partial charge in [0.25, 0.3) is 0 Å². The molecule has 1 aromatic carbocycles. The van der Waals surface area contributed by atoms with E-state index in [1.807, 2.05) is 42.6 Å². The van der Waals surface area contributed by atoms with Crippen molar-refractivity contribution in [2.45, 2.75) is 59.9 Å². The van der Waals surface area contributed by atoms with Gasteiger partial charge < -0.3 is 17.3 Å². The summed E-state index contributed by atoms with van der Waals surface area (Å²) in [6, 6.07) is 11.6. The maximum atomic E-state index is 6.16. The van der Waals surface area contributed by atoms with Crippen LogP contribution >= 0.6 is 0 Å². The lowest BCUT2D eigenvalue weighted by atomic mass is 9.92. The van der Waals surface area contributed by atoms with E-state index in [9.17, 15) is 0 Å². The Hall–Kier alpha value is -3.22. The predicted molar refractivity (Wildman–Crippen MR) is 131 cm³/mol. The Morgan fingerprint density at radius 2 is 1.81 bits per heavy atom. The van der Waals surface area contributed by atoms with Crippen LogP contribution in [0.2, 0.25) is 0 Å². The van der Waals surface area contributed by atoms with Crippen LogP contribution in [0.1, 0.15) is 64.5 Å². The van der Waals surface area contributed by atoms with Gasteiger partial charge in [0.15, 0.2) is 5.84 Å². The van der Waals surface area contributed by atoms with Crippen molar-refractivity contribution in [3.63, 3.8) is 0 Å². The maximum Gasteiger partial charge on any atom is 0.150 e. The number of unbranched alkanes of at least 4 members (excludes halogenated alkanes) is 1. The van der Waals surface area contributed by atoms with Crippen LogP contribution in [0.5, 0.6) is 0 Å². The van der Waals surface area contributed by atoms with Gasteiger partial charge in [0.05, 0.1) is 12.2 Å². The summed E-state index contributed by atoms with van der Waals surface area (Å²) in [6.45, 7) is 9.11. The van der Waals surface area contributed by atoms with E-state index in [4.69, 9.17) is 22.3 Å². The van der Waals surface area contributed by atoms with Crippen LogP contribution in [0.15, 0.2) is 57.7 Å². The Morgan fingerprint density at radius 1 is 1.06 bits per heavy atom. The molecular weight excluding hydrogens is 386 g/mol. The van der Waals surface area contributed by atoms with Crippen LogP contribution in [-0.2, 0) is 6.54 Å². The van der Waals surface area contributed by atoms with Crippen LogP contribution < -0.4 is 17.3 Å². The van der Waals surface area contributed by atoms with Gasteiger partial charge in [-0.15, -0.1) is 0 Å². The first-order valence-electron chi connectivity index (χ1n) is 10.7. The molecule has 2 aromatic rings. The molecule has 31 heavy (non-hydrogen) atoms. The number of amidine groups is 3. The molecule has 0 aliphatic carbocycles. The summed E-state index contributed by atoms with van der Waals surface area (Å²) in [4.78, 5) is 13.9. The zero-order chi connectivity index (χ0) is 22.9. The lowest BCUT2D eigenvalue weighted by molar-refractivity contribution is 0.433. The third-order valence-corrected chi connectivity index (χ3v) is 4.62. The fraction of sp³-hybridized carbons (Fsp3) is 0.417. The van der Waals surface area contributed by atoms with E-state index < -0.39 is 0 Å². The fourth-order valence-corrected chi connectivity index (χ4v) is 3.11. The number of aliphatic imine (C=N–C) groups is 2. The molecule has 0 bridgehead atoms. The third kappa shape index (κ3) is 7.85. The van der Waals surface area contributed by atoms with Gasteiger partial charge in [-0.3, -0.25) is 9.98 Å². The van der Waals surface area contributed by atoms with Crippen LogP contribution in [0.3, 0.4) is 0 Å². The van der Waals surface area contributed by atoms with Crippen LogP contribution in [0.4, 0.5) is 0 Å². The van der Waals surface area contributed by atoms with Crippen molar-refractivity contribution in [3.05, 3.63) is 53.7 Å². The second-order valence-corrected chi connectivity index (χ2v) is 8.79. The number of nitrogens with two attached hydrogens (primary N) is 3. The Morgan fingerprint density at radius 3 is 2.42 bits per heavy atom. The molecule has 0 atom stereocenters. The Labute approximate surface area is 185 Å². The normalized spacial score (nSPS) is 13.5. The zero-order valence-electron chi connectivity index (χ0n) is 19.1. The summed E-state index contributed by atoms with van der Waals surface area (Å²) in [7, 11) is 0. The number of rotatable bonds is 8. The molecule has 1 heterocycles. The number of pyridine rings is 1. The summed E-state index contributed by atoms with van der Waals surface area (Å²) in [5, 5.41) is 3.61. The molecule has 0 aliphatic heterocycles. The summed E-state index contributed by atoms with van der Waals surface area (Å²) in [6.07, 6.45) is 5.49. The van der Waals surface area contributed by atoms with E-state index >= 15 is 0 Å². The fourth-order valence-electron chi connectivity index (χ4n) is 3.11. The molecule has 0 saturated heterocycles. The van der Waals surface area contributed by atoms with Gasteiger partial charge in [0.2, 0.25) is 0 Å². The topological polar surface area (TPSA) is 128 Å². The van der Waals surface area contributed by atoms with Gasteiger partial charge >= 0.3 is 0 Å². The summed E-state index contributed by atoms with van der Waals surface area (Å²) in [5.41, 5.74) is 15.6. The highest BCUT2D eigenvalue weighted by Crippen LogP contribution is 2.22. The quantitative estimate of drug-likeness (QED) is 0.255. The van der Waals surface area contributed by atoms with Crippen LogP contribution in [-0.4, -0.2) is 22.5 Å². The first-order valence-corrected chi connectivity index (χ1v) is 10.7. The Balaban J connectivity index is 2.20. The summed E-state index contributed by atoms with van der Waals surface area (Å²) in [5.74, 6) is 7.06. The zero-order valence-corrected chi connectivity index (χ0v) is 19.1. The standard InChI is InChI=1S/C24H35N7/c1-5-6-11-22(30-21(25)14-24(2,3)4)29-16-17-12-13-20(28-15-17)18-9-7-8-10-19(18)23(26)31-27/h7-10,12-13,15H,5-6,11,14,16,27H2,1-4H3,(H2,26,31)(H2,25,29,30). The minimum atomic E-state index is 0.0947. The van der Waals surface area contributed by atoms with Crippen molar-refractivity contribution in [1.82, 2.24) is 4.98 Å². The molecule has 0 unspecified atom stereocenters. The molecule has 0 fully saturated rings. The monoisotopic (exact) mass is 421 g/mol. The van der Waals surface area contributed by atoms with Crippen LogP contribution in [0.25, 0.3) is 11.3 Å². The number of hydrogen-bond acceptors (Lipinski definition) is 4. The number of nitrogens with zero attached hydrogens (tertiary/aromatic N) is 4. The average molecular weight is 422 g/mol. The molecule has 0 radical (unpaired) electrons. The number of aromatic nitrogens is 1. The van der Waals surface area contributed by atoms with Crippen LogP contribution in [0, 0.1) is 5.41 Å². The molecule has 0 aliphatic rings. The number of hydrogen-bond donors (Lipinski definition) is 3. The van der Waals surface area contributed by atoms with Gasteiger partial charge in [-0.1, -0.05) is 64.4 Å². The second-order valence-electron chi connectivity index (χ2n) is 8.79. The summed E-state index contributed by atoms with van der Waals surface area (Å²) < 4.78 is 0. The van der Waals surface area contributed by atoms with E-state index in [-0.39, 0.29) is 11.3 Å². The van der Waals surface area contributed by atoms with Gasteiger partial charge in [-0.05, 0) is 23.5 Å². The minimum Gasteiger partial charge on any atom is -0.387 e. The first-order chi connectivity index (χ1) is 14.7. The summed E-state index contributed by atoms with van der Waals surface area (Å²) >= 11 is 0. The van der Waals surface area contributed by atoms with Gasteiger partial charge in [-0.2, -0.15) is 5.10 Å². The highest BCUT2D eigenvalue weighted by Gasteiger charge is 2.13. The van der Waals surface area contributed by atoms with Gasteiger partial charge in [0, 0.05) is 30.2 Å². The molecule has 0 amide bonds. The highest BCUT2D eigenvalue weighted by atomic mass is 15.2. The molecular formula is C24H35N7. The van der Waals surface area contributed by atoms with Crippen molar-refractivity contribution in [2.24, 2.45) is 37.8 Å². The second kappa shape index (κ2) is 11.2. The van der Waals surface area contributed by atoms with Crippen molar-refractivity contribution >= 4 is 17.5 Å². The Kier molecular flexibility index (Phi) is 8.73. The Bertz CT molecular complexity index is 935.